The molecule has 2 heteroatoms. The molecule has 1 N–H and O–H groups in total. The molecule has 0 radical (unpaired) electrons. The number of aryl methyl sites for hydroxylation is 1. The number of allylic oxidation sites excluding steroid dienone is 1. The lowest BCUT2D eigenvalue weighted by Gasteiger charge is -2.28. The summed E-state index contributed by atoms with van der Waals surface area (Å²) in [6, 6.07) is 4.17. The molecular formula is C17H20O2. The van der Waals surface area contributed by atoms with E-state index in [1.807, 2.05) is 0 Å². The number of hydrogen-bond donors (Lipinski definition) is 1. The molecule has 0 unspecified atom stereocenters. The summed E-state index contributed by atoms with van der Waals surface area (Å²) in [5, 5.41) is 8.71. The Labute approximate surface area is 114 Å². The summed E-state index contributed by atoms with van der Waals surface area (Å²) in [6.45, 7) is 6.62. The average molecular weight is 256 g/mol. The standard InChI is InChI=1S/C17H20O2/c1-4-13-9-12(5-6-16(18)19)10-14-7-8-17(2,3)11-15(13)14/h5-10H,4,11H2,1-3H3,(H,18,19)/b6-5+. The van der Waals surface area contributed by atoms with Gasteiger partial charge >= 0.3 is 5.97 Å². The number of carboxylic acids is 1. The van der Waals surface area contributed by atoms with Crippen molar-refractivity contribution >= 4 is 18.1 Å². The molecule has 0 bridgehead atoms. The third kappa shape index (κ3) is 3.14. The van der Waals surface area contributed by atoms with E-state index in [1.54, 1.807) is 6.08 Å². The van der Waals surface area contributed by atoms with Crippen LogP contribution in [0.1, 0.15) is 43.0 Å². The van der Waals surface area contributed by atoms with Gasteiger partial charge in [0.2, 0.25) is 0 Å². The lowest BCUT2D eigenvalue weighted by molar-refractivity contribution is -0.131. The van der Waals surface area contributed by atoms with Crippen molar-refractivity contribution in [2.24, 2.45) is 5.41 Å². The van der Waals surface area contributed by atoms with Gasteiger partial charge in [0, 0.05) is 6.08 Å². The highest BCUT2D eigenvalue weighted by molar-refractivity contribution is 5.85. The van der Waals surface area contributed by atoms with E-state index in [1.165, 1.54) is 22.8 Å². The smallest absolute Gasteiger partial charge is 0.328 e. The van der Waals surface area contributed by atoms with Crippen LogP contribution in [0.3, 0.4) is 0 Å². The van der Waals surface area contributed by atoms with Crippen LogP contribution < -0.4 is 0 Å². The Hall–Kier alpha value is -1.83. The van der Waals surface area contributed by atoms with Crippen LogP contribution >= 0.6 is 0 Å². The highest BCUT2D eigenvalue weighted by Crippen LogP contribution is 2.34. The van der Waals surface area contributed by atoms with Gasteiger partial charge in [0.15, 0.2) is 0 Å². The molecule has 0 atom stereocenters. The van der Waals surface area contributed by atoms with Gasteiger partial charge in [0.05, 0.1) is 0 Å². The maximum absolute atomic E-state index is 10.6. The zero-order valence-electron chi connectivity index (χ0n) is 11.7. The number of rotatable bonds is 3. The molecule has 2 rings (SSSR count). The Balaban J connectivity index is 2.46. The second-order valence-corrected chi connectivity index (χ2v) is 5.77. The van der Waals surface area contributed by atoms with Gasteiger partial charge in [-0.15, -0.1) is 0 Å². The van der Waals surface area contributed by atoms with Gasteiger partial charge < -0.3 is 5.11 Å². The number of carboxylic acid groups (broad SMARTS) is 1. The molecule has 1 aromatic rings. The van der Waals surface area contributed by atoms with Gasteiger partial charge in [-0.05, 0) is 52.7 Å². The maximum atomic E-state index is 10.6. The molecule has 1 aromatic carbocycles. The third-order valence-corrected chi connectivity index (χ3v) is 3.54. The van der Waals surface area contributed by atoms with Crippen molar-refractivity contribution < 1.29 is 9.90 Å². The Bertz CT molecular complexity index is 563. The summed E-state index contributed by atoms with van der Waals surface area (Å²) in [4.78, 5) is 10.6. The van der Waals surface area contributed by atoms with E-state index in [4.69, 9.17) is 5.11 Å². The Morgan fingerprint density at radius 2 is 2.16 bits per heavy atom. The lowest BCUT2D eigenvalue weighted by Crippen LogP contribution is -2.17. The van der Waals surface area contributed by atoms with Crippen molar-refractivity contribution in [1.29, 1.82) is 0 Å². The van der Waals surface area contributed by atoms with Crippen molar-refractivity contribution in [3.63, 3.8) is 0 Å². The Morgan fingerprint density at radius 1 is 1.42 bits per heavy atom. The minimum absolute atomic E-state index is 0.204. The van der Waals surface area contributed by atoms with E-state index >= 15 is 0 Å². The number of hydrogen-bond acceptors (Lipinski definition) is 1. The summed E-state index contributed by atoms with van der Waals surface area (Å²) in [5.41, 5.74) is 5.11. The third-order valence-electron chi connectivity index (χ3n) is 3.54. The Morgan fingerprint density at radius 3 is 2.79 bits per heavy atom. The highest BCUT2D eigenvalue weighted by atomic mass is 16.4. The van der Waals surface area contributed by atoms with Gasteiger partial charge in [-0.2, -0.15) is 0 Å². The number of aliphatic carboxylic acids is 1. The molecular weight excluding hydrogens is 236 g/mol. The zero-order chi connectivity index (χ0) is 14.0. The molecule has 0 amide bonds. The average Bonchev–Trinajstić information content (AvgIpc) is 2.34. The van der Waals surface area contributed by atoms with E-state index in [0.29, 0.717) is 0 Å². The van der Waals surface area contributed by atoms with Gasteiger partial charge in [0.25, 0.3) is 0 Å². The minimum Gasteiger partial charge on any atom is -0.478 e. The second-order valence-electron chi connectivity index (χ2n) is 5.77. The predicted molar refractivity (Wildman–Crippen MR) is 79.0 cm³/mol. The van der Waals surface area contributed by atoms with E-state index in [-0.39, 0.29) is 5.41 Å². The van der Waals surface area contributed by atoms with Crippen LogP contribution in [0.4, 0.5) is 0 Å². The summed E-state index contributed by atoms with van der Waals surface area (Å²) in [7, 11) is 0. The predicted octanol–water partition coefficient (Wildman–Crippen LogP) is 3.94. The van der Waals surface area contributed by atoms with Crippen molar-refractivity contribution in [3.8, 4) is 0 Å². The largest absolute Gasteiger partial charge is 0.478 e. The topological polar surface area (TPSA) is 37.3 Å². The van der Waals surface area contributed by atoms with Crippen LogP contribution in [0.5, 0.6) is 0 Å². The molecule has 1 aliphatic rings. The molecule has 1 aliphatic carbocycles. The van der Waals surface area contributed by atoms with Crippen LogP contribution in [0.2, 0.25) is 0 Å². The molecule has 0 heterocycles. The van der Waals surface area contributed by atoms with Crippen LogP contribution in [-0.4, -0.2) is 11.1 Å². The summed E-state index contributed by atoms with van der Waals surface area (Å²) in [6.07, 6.45) is 9.27. The normalized spacial score (nSPS) is 16.6. The first-order valence-corrected chi connectivity index (χ1v) is 6.67. The molecule has 0 saturated carbocycles. The minimum atomic E-state index is -0.910. The SMILES string of the molecule is CCc1cc(/C=C/C(=O)O)cc2c1CC(C)(C)C=C2. The van der Waals surface area contributed by atoms with Gasteiger partial charge in [-0.3, -0.25) is 0 Å². The van der Waals surface area contributed by atoms with E-state index in [9.17, 15) is 4.79 Å². The molecule has 100 valence electrons. The maximum Gasteiger partial charge on any atom is 0.328 e. The van der Waals surface area contributed by atoms with Crippen LogP contribution in [0.25, 0.3) is 12.2 Å². The van der Waals surface area contributed by atoms with Crippen LogP contribution in [0, 0.1) is 5.41 Å². The van der Waals surface area contributed by atoms with Gasteiger partial charge in [-0.25, -0.2) is 4.79 Å². The van der Waals surface area contributed by atoms with Crippen molar-refractivity contribution in [3.05, 3.63) is 46.5 Å². The quantitative estimate of drug-likeness (QED) is 0.832. The van der Waals surface area contributed by atoms with Crippen molar-refractivity contribution in [1.82, 2.24) is 0 Å². The highest BCUT2D eigenvalue weighted by Gasteiger charge is 2.22. The van der Waals surface area contributed by atoms with Crippen LogP contribution in [-0.2, 0) is 17.6 Å². The first-order chi connectivity index (χ1) is 8.91. The van der Waals surface area contributed by atoms with E-state index in [0.717, 1.165) is 18.4 Å². The Kier molecular flexibility index (Phi) is 3.61. The fourth-order valence-electron chi connectivity index (χ4n) is 2.56. The van der Waals surface area contributed by atoms with Crippen LogP contribution in [0.15, 0.2) is 24.3 Å². The summed E-state index contributed by atoms with van der Waals surface area (Å²) in [5.74, 6) is -0.910. The molecule has 0 saturated heterocycles. The molecule has 0 aliphatic heterocycles. The van der Waals surface area contributed by atoms with E-state index in [2.05, 4.69) is 45.1 Å². The van der Waals surface area contributed by atoms with E-state index < -0.39 is 5.97 Å². The molecule has 19 heavy (non-hydrogen) atoms. The first kappa shape index (κ1) is 13.6. The number of fused-ring (bicyclic) bond motifs is 1. The second kappa shape index (κ2) is 5.04. The zero-order valence-corrected chi connectivity index (χ0v) is 11.7. The monoisotopic (exact) mass is 256 g/mol. The molecule has 0 aromatic heterocycles. The number of benzene rings is 1. The first-order valence-electron chi connectivity index (χ1n) is 6.67. The molecule has 2 nitrogen and oxygen atoms in total. The lowest BCUT2D eigenvalue weighted by atomic mass is 9.77. The van der Waals surface area contributed by atoms with Gasteiger partial charge in [0.1, 0.15) is 0 Å². The molecule has 0 spiro atoms. The number of carbonyl (C=O) groups is 1. The van der Waals surface area contributed by atoms with Gasteiger partial charge in [-0.1, -0.05) is 39.0 Å². The fraction of sp³-hybridized carbons (Fsp3) is 0.353. The summed E-state index contributed by atoms with van der Waals surface area (Å²) >= 11 is 0. The molecule has 0 fully saturated rings. The summed E-state index contributed by atoms with van der Waals surface area (Å²) < 4.78 is 0. The fourth-order valence-corrected chi connectivity index (χ4v) is 2.56. The van der Waals surface area contributed by atoms with Crippen molar-refractivity contribution in [2.45, 2.75) is 33.6 Å². The van der Waals surface area contributed by atoms with Crippen molar-refractivity contribution in [2.75, 3.05) is 0 Å².